The molecule has 0 saturated carbocycles. The number of anilines is 1. The van der Waals surface area contributed by atoms with Crippen molar-refractivity contribution in [3.63, 3.8) is 0 Å². The van der Waals surface area contributed by atoms with Crippen molar-refractivity contribution in [2.75, 3.05) is 18.7 Å². The Morgan fingerprint density at radius 2 is 2.16 bits per heavy atom. The molecule has 1 aliphatic heterocycles. The van der Waals surface area contributed by atoms with Crippen LogP contribution in [0, 0.1) is 5.82 Å². The maximum Gasteiger partial charge on any atom is 0.336 e. The quantitative estimate of drug-likeness (QED) is 0.497. The van der Waals surface area contributed by atoms with Crippen molar-refractivity contribution in [1.29, 1.82) is 0 Å². The highest BCUT2D eigenvalue weighted by atomic mass is 32.2. The molecule has 1 aromatic heterocycles. The number of rotatable bonds is 3. The highest BCUT2D eigenvalue weighted by molar-refractivity contribution is 7.98. The molecule has 0 aliphatic carbocycles. The second kappa shape index (κ2) is 6.72. The SMILES string of the molecule is COC(=O)C1=C(C)Nc2nc(SC)[nH]c(=O)c2C1c1cccc(F)c1. The van der Waals surface area contributed by atoms with E-state index in [1.165, 1.54) is 37.1 Å². The van der Waals surface area contributed by atoms with Crippen molar-refractivity contribution in [2.45, 2.75) is 18.0 Å². The van der Waals surface area contributed by atoms with Gasteiger partial charge in [-0.2, -0.15) is 0 Å². The van der Waals surface area contributed by atoms with Crippen LogP contribution in [0.1, 0.15) is 24.0 Å². The third-order valence-electron chi connectivity index (χ3n) is 4.00. The molecule has 2 aromatic rings. The van der Waals surface area contributed by atoms with Gasteiger partial charge in [-0.25, -0.2) is 14.2 Å². The lowest BCUT2D eigenvalue weighted by atomic mass is 9.82. The fourth-order valence-electron chi connectivity index (χ4n) is 2.93. The first-order chi connectivity index (χ1) is 12.0. The number of aromatic nitrogens is 2. The van der Waals surface area contributed by atoms with Crippen LogP contribution in [-0.2, 0) is 9.53 Å². The number of allylic oxidation sites excluding steroid dienone is 1. The molecule has 2 N–H and O–H groups in total. The first kappa shape index (κ1) is 17.2. The van der Waals surface area contributed by atoms with E-state index in [1.54, 1.807) is 19.2 Å². The highest BCUT2D eigenvalue weighted by Crippen LogP contribution is 2.39. The molecular formula is C17H16FN3O3S. The Morgan fingerprint density at radius 3 is 2.80 bits per heavy atom. The molecular weight excluding hydrogens is 345 g/mol. The highest BCUT2D eigenvalue weighted by Gasteiger charge is 2.36. The lowest BCUT2D eigenvalue weighted by Gasteiger charge is -2.28. The van der Waals surface area contributed by atoms with E-state index in [9.17, 15) is 14.0 Å². The summed E-state index contributed by atoms with van der Waals surface area (Å²) in [5.74, 6) is -1.46. The number of thioether (sulfide) groups is 1. The van der Waals surface area contributed by atoms with E-state index < -0.39 is 17.7 Å². The maximum atomic E-state index is 13.8. The molecule has 25 heavy (non-hydrogen) atoms. The number of esters is 1. The van der Waals surface area contributed by atoms with Crippen LogP contribution >= 0.6 is 11.8 Å². The summed E-state index contributed by atoms with van der Waals surface area (Å²) < 4.78 is 18.6. The predicted octanol–water partition coefficient (Wildman–Crippen LogP) is 2.64. The van der Waals surface area contributed by atoms with Crippen molar-refractivity contribution in [3.8, 4) is 0 Å². The number of hydrogen-bond acceptors (Lipinski definition) is 6. The normalized spacial score (nSPS) is 16.2. The van der Waals surface area contributed by atoms with Gasteiger partial charge in [-0.15, -0.1) is 0 Å². The lowest BCUT2D eigenvalue weighted by molar-refractivity contribution is -0.136. The molecule has 8 heteroatoms. The summed E-state index contributed by atoms with van der Waals surface area (Å²) in [6.07, 6.45) is 1.79. The molecule has 0 amide bonds. The van der Waals surface area contributed by atoms with Crippen LogP contribution in [0.5, 0.6) is 0 Å². The Kier molecular flexibility index (Phi) is 4.63. The first-order valence-corrected chi connectivity index (χ1v) is 8.68. The molecule has 6 nitrogen and oxygen atoms in total. The number of carbonyl (C=O) groups is 1. The third-order valence-corrected chi connectivity index (χ3v) is 4.58. The van der Waals surface area contributed by atoms with Gasteiger partial charge >= 0.3 is 5.97 Å². The number of H-pyrrole nitrogens is 1. The third kappa shape index (κ3) is 3.05. The number of benzene rings is 1. The molecule has 0 radical (unpaired) electrons. The minimum absolute atomic E-state index is 0.254. The smallest absolute Gasteiger partial charge is 0.336 e. The van der Waals surface area contributed by atoms with Gasteiger partial charge in [0.25, 0.3) is 5.56 Å². The van der Waals surface area contributed by atoms with Crippen molar-refractivity contribution < 1.29 is 13.9 Å². The Bertz CT molecular complexity index is 939. The number of methoxy groups -OCH3 is 1. The average molecular weight is 361 g/mol. The molecule has 1 unspecified atom stereocenters. The molecule has 130 valence electrons. The number of ether oxygens (including phenoxy) is 1. The second-order valence-corrected chi connectivity index (χ2v) is 6.28. The molecule has 2 heterocycles. The summed E-state index contributed by atoms with van der Waals surface area (Å²) in [4.78, 5) is 32.1. The Morgan fingerprint density at radius 1 is 1.40 bits per heavy atom. The first-order valence-electron chi connectivity index (χ1n) is 7.46. The van der Waals surface area contributed by atoms with Gasteiger partial charge in [0.1, 0.15) is 11.6 Å². The van der Waals surface area contributed by atoms with E-state index in [0.29, 0.717) is 22.2 Å². The monoisotopic (exact) mass is 361 g/mol. The van der Waals surface area contributed by atoms with Crippen LogP contribution in [0.15, 0.2) is 45.5 Å². The zero-order valence-electron chi connectivity index (χ0n) is 13.8. The second-order valence-electron chi connectivity index (χ2n) is 5.48. The topological polar surface area (TPSA) is 84.1 Å². The van der Waals surface area contributed by atoms with E-state index in [4.69, 9.17) is 4.74 Å². The van der Waals surface area contributed by atoms with Gasteiger partial charge in [0.2, 0.25) is 0 Å². The standard InChI is InChI=1S/C17H16FN3O3S/c1-8-11(16(23)24-2)12(9-5-4-6-10(18)7-9)13-14(19-8)20-17(25-3)21-15(13)22/h4-7,12H,1-3H3,(H2,19,20,21,22). The molecule has 0 fully saturated rings. The minimum atomic E-state index is -0.772. The summed E-state index contributed by atoms with van der Waals surface area (Å²) in [7, 11) is 1.26. The molecule has 1 aromatic carbocycles. The zero-order chi connectivity index (χ0) is 18.1. The number of carbonyl (C=O) groups excluding carboxylic acids is 1. The summed E-state index contributed by atoms with van der Waals surface area (Å²) in [6, 6.07) is 5.81. The van der Waals surface area contributed by atoms with E-state index in [2.05, 4.69) is 15.3 Å². The summed E-state index contributed by atoms with van der Waals surface area (Å²) in [5.41, 5.74) is 1.12. The summed E-state index contributed by atoms with van der Waals surface area (Å²) >= 11 is 1.29. The van der Waals surface area contributed by atoms with Crippen LogP contribution in [0.3, 0.4) is 0 Å². The van der Waals surface area contributed by atoms with Gasteiger partial charge in [0.05, 0.1) is 24.2 Å². The Balaban J connectivity index is 2.30. The Hall–Kier alpha value is -2.61. The average Bonchev–Trinajstić information content (AvgIpc) is 2.59. The number of nitrogens with one attached hydrogen (secondary N) is 2. The van der Waals surface area contributed by atoms with Gasteiger partial charge in [0, 0.05) is 5.70 Å². The molecule has 0 saturated heterocycles. The van der Waals surface area contributed by atoms with Crippen LogP contribution in [0.25, 0.3) is 0 Å². The van der Waals surface area contributed by atoms with Crippen molar-refractivity contribution in [2.24, 2.45) is 0 Å². The van der Waals surface area contributed by atoms with Crippen LogP contribution in [0.4, 0.5) is 10.2 Å². The van der Waals surface area contributed by atoms with E-state index in [-0.39, 0.29) is 16.7 Å². The van der Waals surface area contributed by atoms with Crippen LogP contribution in [0.2, 0.25) is 0 Å². The molecule has 1 aliphatic rings. The van der Waals surface area contributed by atoms with Gasteiger partial charge in [-0.05, 0) is 30.9 Å². The van der Waals surface area contributed by atoms with E-state index in [0.717, 1.165) is 0 Å². The molecule has 3 rings (SSSR count). The summed E-state index contributed by atoms with van der Waals surface area (Å²) in [6.45, 7) is 1.70. The van der Waals surface area contributed by atoms with Gasteiger partial charge < -0.3 is 15.0 Å². The minimum Gasteiger partial charge on any atom is -0.466 e. The van der Waals surface area contributed by atoms with Crippen LogP contribution < -0.4 is 10.9 Å². The zero-order valence-corrected chi connectivity index (χ0v) is 14.7. The van der Waals surface area contributed by atoms with E-state index in [1.807, 2.05) is 0 Å². The fourth-order valence-corrected chi connectivity index (χ4v) is 3.30. The Labute approximate surface area is 147 Å². The number of hydrogen-bond donors (Lipinski definition) is 2. The molecule has 0 spiro atoms. The largest absolute Gasteiger partial charge is 0.466 e. The lowest BCUT2D eigenvalue weighted by Crippen LogP contribution is -2.31. The van der Waals surface area contributed by atoms with Crippen molar-refractivity contribution in [3.05, 3.63) is 62.8 Å². The van der Waals surface area contributed by atoms with Crippen LogP contribution in [-0.4, -0.2) is 29.3 Å². The molecule has 0 bridgehead atoms. The number of nitrogens with zero attached hydrogens (tertiary/aromatic N) is 1. The summed E-state index contributed by atoms with van der Waals surface area (Å²) in [5, 5.41) is 3.44. The predicted molar refractivity (Wildman–Crippen MR) is 93.2 cm³/mol. The van der Waals surface area contributed by atoms with Gasteiger partial charge in [-0.1, -0.05) is 23.9 Å². The number of aromatic amines is 1. The van der Waals surface area contributed by atoms with Gasteiger partial charge in [-0.3, -0.25) is 4.79 Å². The number of fused-ring (bicyclic) bond motifs is 1. The van der Waals surface area contributed by atoms with Crippen molar-refractivity contribution in [1.82, 2.24) is 9.97 Å². The molecule has 1 atom stereocenters. The van der Waals surface area contributed by atoms with E-state index >= 15 is 0 Å². The van der Waals surface area contributed by atoms with Crippen molar-refractivity contribution >= 4 is 23.5 Å². The number of halogens is 1. The maximum absolute atomic E-state index is 13.8. The fraction of sp³-hybridized carbons (Fsp3) is 0.235. The van der Waals surface area contributed by atoms with Gasteiger partial charge in [0.15, 0.2) is 5.16 Å².